The number of nitrogens with zero attached hydrogens (tertiary/aromatic N) is 3. The Morgan fingerprint density at radius 3 is 2.24 bits per heavy atom. The number of anilines is 2. The van der Waals surface area contributed by atoms with E-state index in [1.807, 2.05) is 60.7 Å². The van der Waals surface area contributed by atoms with Crippen molar-refractivity contribution in [3.05, 3.63) is 66.2 Å². The number of rotatable bonds is 10. The number of ether oxygens (including phenoxy) is 1. The third kappa shape index (κ3) is 6.47. The van der Waals surface area contributed by atoms with E-state index in [0.29, 0.717) is 12.4 Å². The summed E-state index contributed by atoms with van der Waals surface area (Å²) in [5.74, 6) is 3.19. The highest BCUT2D eigenvalue weighted by molar-refractivity contribution is 5.61. The van der Waals surface area contributed by atoms with Crippen LogP contribution in [-0.2, 0) is 6.54 Å². The first-order valence-corrected chi connectivity index (χ1v) is 9.84. The van der Waals surface area contributed by atoms with Gasteiger partial charge in [0.25, 0.3) is 0 Å². The molecule has 0 saturated heterocycles. The number of aromatic nitrogens is 2. The molecule has 1 aromatic heterocycles. The van der Waals surface area contributed by atoms with Crippen LogP contribution in [0.15, 0.2) is 60.7 Å². The SMILES string of the molecule is COc1ccc(CNc2cc(NCCCN(C)C)nc(-c3ccccc3)n2)cc1. The lowest BCUT2D eigenvalue weighted by Gasteiger charge is -2.13. The summed E-state index contributed by atoms with van der Waals surface area (Å²) >= 11 is 0. The lowest BCUT2D eigenvalue weighted by molar-refractivity contribution is 0.405. The molecule has 0 spiro atoms. The second-order valence-electron chi connectivity index (χ2n) is 7.11. The van der Waals surface area contributed by atoms with Crippen LogP contribution in [0.4, 0.5) is 11.6 Å². The van der Waals surface area contributed by atoms with E-state index in [-0.39, 0.29) is 0 Å². The maximum atomic E-state index is 5.22. The van der Waals surface area contributed by atoms with Crippen LogP contribution in [0.1, 0.15) is 12.0 Å². The van der Waals surface area contributed by atoms with Crippen molar-refractivity contribution in [1.29, 1.82) is 0 Å². The summed E-state index contributed by atoms with van der Waals surface area (Å²) in [5, 5.41) is 6.85. The molecule has 3 rings (SSSR count). The first kappa shape index (κ1) is 20.6. The minimum Gasteiger partial charge on any atom is -0.497 e. The Bertz CT molecular complexity index is 882. The number of hydrogen-bond acceptors (Lipinski definition) is 6. The van der Waals surface area contributed by atoms with Crippen molar-refractivity contribution in [2.45, 2.75) is 13.0 Å². The summed E-state index contributed by atoms with van der Waals surface area (Å²) < 4.78 is 5.22. The number of methoxy groups -OCH3 is 1. The minimum absolute atomic E-state index is 0.676. The molecular formula is C23H29N5O. The molecule has 1 heterocycles. The third-order valence-corrected chi connectivity index (χ3v) is 4.48. The quantitative estimate of drug-likeness (QED) is 0.507. The normalized spacial score (nSPS) is 10.8. The fourth-order valence-corrected chi connectivity index (χ4v) is 2.89. The molecule has 0 aliphatic heterocycles. The molecule has 152 valence electrons. The van der Waals surface area contributed by atoms with Crippen molar-refractivity contribution in [3.8, 4) is 17.1 Å². The van der Waals surface area contributed by atoms with Crippen molar-refractivity contribution >= 4 is 11.6 Å². The highest BCUT2D eigenvalue weighted by atomic mass is 16.5. The predicted molar refractivity (Wildman–Crippen MR) is 119 cm³/mol. The Morgan fingerprint density at radius 1 is 0.897 bits per heavy atom. The Balaban J connectivity index is 1.74. The van der Waals surface area contributed by atoms with Gasteiger partial charge in [-0.1, -0.05) is 42.5 Å². The summed E-state index contributed by atoms with van der Waals surface area (Å²) in [5.41, 5.74) is 2.16. The molecule has 0 atom stereocenters. The molecule has 2 aromatic carbocycles. The molecule has 0 bridgehead atoms. The van der Waals surface area contributed by atoms with Crippen LogP contribution in [-0.4, -0.2) is 49.2 Å². The van der Waals surface area contributed by atoms with Gasteiger partial charge in [-0.05, 0) is 44.8 Å². The third-order valence-electron chi connectivity index (χ3n) is 4.48. The van der Waals surface area contributed by atoms with E-state index < -0.39 is 0 Å². The fraction of sp³-hybridized carbons (Fsp3) is 0.304. The van der Waals surface area contributed by atoms with E-state index in [2.05, 4.69) is 29.6 Å². The van der Waals surface area contributed by atoms with Crippen LogP contribution in [0.3, 0.4) is 0 Å². The second kappa shape index (κ2) is 10.4. The van der Waals surface area contributed by atoms with Crippen molar-refractivity contribution in [2.24, 2.45) is 0 Å². The van der Waals surface area contributed by atoms with Gasteiger partial charge in [-0.2, -0.15) is 0 Å². The largest absolute Gasteiger partial charge is 0.497 e. The van der Waals surface area contributed by atoms with Gasteiger partial charge in [-0.15, -0.1) is 0 Å². The standard InChI is InChI=1S/C23H29N5O/c1-28(2)15-7-14-24-21-16-22(25-17-18-10-12-20(29-3)13-11-18)27-23(26-21)19-8-5-4-6-9-19/h4-6,8-13,16H,7,14-15,17H2,1-3H3,(H2,24,25,26,27). The monoisotopic (exact) mass is 391 g/mol. The summed E-state index contributed by atoms with van der Waals surface area (Å²) in [4.78, 5) is 11.6. The zero-order valence-electron chi connectivity index (χ0n) is 17.4. The van der Waals surface area contributed by atoms with Crippen molar-refractivity contribution in [2.75, 3.05) is 44.9 Å². The maximum Gasteiger partial charge on any atom is 0.163 e. The Hall–Kier alpha value is -3.12. The Labute approximate surface area is 173 Å². The predicted octanol–water partition coefficient (Wildman–Crippen LogP) is 4.13. The zero-order chi connectivity index (χ0) is 20.5. The van der Waals surface area contributed by atoms with Gasteiger partial charge < -0.3 is 20.3 Å². The van der Waals surface area contributed by atoms with Crippen molar-refractivity contribution in [1.82, 2.24) is 14.9 Å². The highest BCUT2D eigenvalue weighted by Gasteiger charge is 2.07. The summed E-state index contributed by atoms with van der Waals surface area (Å²) in [6.45, 7) is 2.57. The summed E-state index contributed by atoms with van der Waals surface area (Å²) in [6.07, 6.45) is 1.05. The van der Waals surface area contributed by atoms with E-state index in [1.165, 1.54) is 0 Å². The van der Waals surface area contributed by atoms with Gasteiger partial charge in [0.15, 0.2) is 5.82 Å². The van der Waals surface area contributed by atoms with Gasteiger partial charge in [-0.25, -0.2) is 9.97 Å². The molecule has 2 N–H and O–H groups in total. The summed E-state index contributed by atoms with van der Waals surface area (Å²) in [6, 6.07) is 20.0. The van der Waals surface area contributed by atoms with Gasteiger partial charge in [0.05, 0.1) is 7.11 Å². The van der Waals surface area contributed by atoms with Gasteiger partial charge in [0.1, 0.15) is 17.4 Å². The lowest BCUT2D eigenvalue weighted by Crippen LogP contribution is -2.17. The zero-order valence-corrected chi connectivity index (χ0v) is 17.4. The molecular weight excluding hydrogens is 362 g/mol. The van der Waals surface area contributed by atoms with Gasteiger partial charge in [0, 0.05) is 24.7 Å². The molecule has 0 saturated carbocycles. The van der Waals surface area contributed by atoms with Crippen LogP contribution in [0.25, 0.3) is 11.4 Å². The maximum absolute atomic E-state index is 5.22. The molecule has 29 heavy (non-hydrogen) atoms. The van der Waals surface area contributed by atoms with Gasteiger partial charge >= 0.3 is 0 Å². The fourth-order valence-electron chi connectivity index (χ4n) is 2.89. The van der Waals surface area contributed by atoms with Crippen LogP contribution >= 0.6 is 0 Å². The second-order valence-corrected chi connectivity index (χ2v) is 7.11. The molecule has 6 nitrogen and oxygen atoms in total. The molecule has 0 unspecified atom stereocenters. The molecule has 0 aliphatic carbocycles. The summed E-state index contributed by atoms with van der Waals surface area (Å²) in [7, 11) is 5.84. The Morgan fingerprint density at radius 2 is 1.59 bits per heavy atom. The average Bonchev–Trinajstić information content (AvgIpc) is 2.76. The van der Waals surface area contributed by atoms with Gasteiger partial charge in [-0.3, -0.25) is 0 Å². The molecule has 0 fully saturated rings. The highest BCUT2D eigenvalue weighted by Crippen LogP contribution is 2.21. The number of benzene rings is 2. The topological polar surface area (TPSA) is 62.3 Å². The smallest absolute Gasteiger partial charge is 0.163 e. The first-order chi connectivity index (χ1) is 14.1. The van der Waals surface area contributed by atoms with E-state index in [1.54, 1.807) is 7.11 Å². The Kier molecular flexibility index (Phi) is 7.41. The number of hydrogen-bond donors (Lipinski definition) is 2. The molecule has 6 heteroatoms. The van der Waals surface area contributed by atoms with Crippen LogP contribution in [0, 0.1) is 0 Å². The van der Waals surface area contributed by atoms with Crippen LogP contribution in [0.5, 0.6) is 5.75 Å². The first-order valence-electron chi connectivity index (χ1n) is 9.84. The molecule has 0 amide bonds. The van der Waals surface area contributed by atoms with Crippen molar-refractivity contribution < 1.29 is 4.74 Å². The molecule has 0 radical (unpaired) electrons. The van der Waals surface area contributed by atoms with E-state index in [9.17, 15) is 0 Å². The average molecular weight is 392 g/mol. The molecule has 0 aliphatic rings. The van der Waals surface area contributed by atoms with E-state index in [0.717, 1.165) is 48.0 Å². The van der Waals surface area contributed by atoms with Crippen LogP contribution < -0.4 is 15.4 Å². The number of nitrogens with one attached hydrogen (secondary N) is 2. The van der Waals surface area contributed by atoms with Crippen molar-refractivity contribution in [3.63, 3.8) is 0 Å². The lowest BCUT2D eigenvalue weighted by atomic mass is 10.2. The minimum atomic E-state index is 0.676. The van der Waals surface area contributed by atoms with Gasteiger partial charge in [0.2, 0.25) is 0 Å². The van der Waals surface area contributed by atoms with Crippen LogP contribution in [0.2, 0.25) is 0 Å². The van der Waals surface area contributed by atoms with E-state index in [4.69, 9.17) is 14.7 Å². The van der Waals surface area contributed by atoms with E-state index >= 15 is 0 Å². The molecule has 3 aromatic rings.